The van der Waals surface area contributed by atoms with Gasteiger partial charge < -0.3 is 14.9 Å². The largest absolute Gasteiger partial charge is 0.481 e. The average Bonchev–Trinajstić information content (AvgIpc) is 3.10. The number of benzene rings is 1. The second-order valence-electron chi connectivity index (χ2n) is 9.55. The summed E-state index contributed by atoms with van der Waals surface area (Å²) in [5, 5.41) is 22.1. The monoisotopic (exact) mass is 445 g/mol. The minimum Gasteiger partial charge on any atom is -0.481 e. The van der Waals surface area contributed by atoms with Gasteiger partial charge in [0.15, 0.2) is 0 Å². The van der Waals surface area contributed by atoms with E-state index in [-0.39, 0.29) is 24.4 Å². The van der Waals surface area contributed by atoms with Crippen molar-refractivity contribution in [2.75, 3.05) is 7.05 Å². The van der Waals surface area contributed by atoms with Crippen LogP contribution in [0.4, 0.5) is 0 Å². The quantitative estimate of drug-likeness (QED) is 0.257. The van der Waals surface area contributed by atoms with Crippen LogP contribution in [0.25, 0.3) is 0 Å². The maximum Gasteiger partial charge on any atom is 0.306 e. The third-order valence-corrected chi connectivity index (χ3v) is 7.44. The van der Waals surface area contributed by atoms with Crippen LogP contribution in [0.3, 0.4) is 0 Å². The smallest absolute Gasteiger partial charge is 0.306 e. The Hall–Kier alpha value is -1.92. The molecule has 5 atom stereocenters. The number of ether oxygens (including phenoxy) is 1. The summed E-state index contributed by atoms with van der Waals surface area (Å²) in [5.41, 5.74) is 3.76. The third-order valence-electron chi connectivity index (χ3n) is 7.44. The lowest BCUT2D eigenvalue weighted by Crippen LogP contribution is -2.32. The van der Waals surface area contributed by atoms with E-state index >= 15 is 0 Å². The summed E-state index contributed by atoms with van der Waals surface area (Å²) in [6, 6.07) is 6.26. The molecule has 178 valence electrons. The number of carboxylic acid groups (broad SMARTS) is 1. The van der Waals surface area contributed by atoms with Gasteiger partial charge in [-0.15, -0.1) is 0 Å². The zero-order chi connectivity index (χ0) is 23.1. The van der Waals surface area contributed by atoms with E-state index in [1.807, 2.05) is 6.07 Å². The molecule has 6 nitrogen and oxygen atoms in total. The molecule has 1 aromatic carbocycles. The molecule has 2 aliphatic carbocycles. The Morgan fingerprint density at radius 3 is 2.75 bits per heavy atom. The molecule has 0 spiro atoms. The summed E-state index contributed by atoms with van der Waals surface area (Å²) in [6.07, 6.45) is 7.70. The molecule has 3 N–H and O–H groups in total. The van der Waals surface area contributed by atoms with Crippen molar-refractivity contribution in [3.63, 3.8) is 0 Å². The standard InChI is InChI=1S/C26H39NO5/c1-3-4-5-9-26(31)32-23-16-19-15-21-17(10-13-25(29)30)7-6-8-18(21)14-22(19)20(23)11-12-24(28)27-2/h6-8,19-20,22-24,27-28H,3-5,9-16H2,1-2H3,(H,29,30)/t19?,20?,22?,23-,24?/m1/s1. The highest BCUT2D eigenvalue weighted by atomic mass is 16.5. The third kappa shape index (κ3) is 6.32. The summed E-state index contributed by atoms with van der Waals surface area (Å²) < 4.78 is 6.02. The van der Waals surface area contributed by atoms with E-state index in [9.17, 15) is 14.7 Å². The van der Waals surface area contributed by atoms with Crippen molar-refractivity contribution < 1.29 is 24.5 Å². The molecule has 2 aliphatic rings. The lowest BCUT2D eigenvalue weighted by Gasteiger charge is -2.33. The SMILES string of the molecule is CCCCCC(=O)O[C@@H]1CC2Cc3c(CCC(=O)O)cccc3CC2C1CCC(O)NC. The lowest BCUT2D eigenvalue weighted by molar-refractivity contribution is -0.151. The summed E-state index contributed by atoms with van der Waals surface area (Å²) >= 11 is 0. The molecule has 1 fully saturated rings. The number of rotatable bonds is 12. The second-order valence-corrected chi connectivity index (χ2v) is 9.55. The molecule has 0 radical (unpaired) electrons. The first-order chi connectivity index (χ1) is 15.4. The molecule has 32 heavy (non-hydrogen) atoms. The van der Waals surface area contributed by atoms with E-state index in [1.165, 1.54) is 11.1 Å². The molecule has 0 saturated heterocycles. The van der Waals surface area contributed by atoms with Crippen molar-refractivity contribution in [2.45, 2.75) is 89.9 Å². The number of aliphatic carboxylic acids is 1. The first-order valence-corrected chi connectivity index (χ1v) is 12.3. The summed E-state index contributed by atoms with van der Waals surface area (Å²) in [7, 11) is 1.75. The maximum absolute atomic E-state index is 12.5. The van der Waals surface area contributed by atoms with Gasteiger partial charge >= 0.3 is 11.9 Å². The fourth-order valence-corrected chi connectivity index (χ4v) is 5.74. The molecule has 0 bridgehead atoms. The Morgan fingerprint density at radius 2 is 2.03 bits per heavy atom. The number of unbranched alkanes of at least 4 members (excludes halogenated alkanes) is 2. The highest BCUT2D eigenvalue weighted by molar-refractivity contribution is 5.69. The number of nitrogens with one attached hydrogen (secondary N) is 1. The Morgan fingerprint density at radius 1 is 1.22 bits per heavy atom. The van der Waals surface area contributed by atoms with Crippen molar-refractivity contribution in [3.8, 4) is 0 Å². The molecule has 0 heterocycles. The predicted octanol–water partition coefficient (Wildman–Crippen LogP) is 3.86. The number of carbonyl (C=O) groups excluding carboxylic acids is 1. The average molecular weight is 446 g/mol. The van der Waals surface area contributed by atoms with Gasteiger partial charge in [0.2, 0.25) is 0 Å². The molecule has 0 aromatic heterocycles. The van der Waals surface area contributed by atoms with Crippen LogP contribution in [0.1, 0.15) is 75.0 Å². The Labute approximate surface area is 191 Å². The van der Waals surface area contributed by atoms with Crippen LogP contribution in [0, 0.1) is 17.8 Å². The van der Waals surface area contributed by atoms with Gasteiger partial charge in [-0.05, 0) is 86.4 Å². The van der Waals surface area contributed by atoms with Gasteiger partial charge in [0.05, 0.1) is 0 Å². The highest BCUT2D eigenvalue weighted by Crippen LogP contribution is 2.48. The lowest BCUT2D eigenvalue weighted by atomic mass is 9.72. The van der Waals surface area contributed by atoms with Gasteiger partial charge in [0.25, 0.3) is 0 Å². The minimum absolute atomic E-state index is 0.0964. The Balaban J connectivity index is 1.74. The molecular formula is C26H39NO5. The van der Waals surface area contributed by atoms with Crippen molar-refractivity contribution in [3.05, 3.63) is 34.9 Å². The molecule has 1 aromatic rings. The van der Waals surface area contributed by atoms with E-state index in [0.717, 1.165) is 50.5 Å². The molecule has 1 saturated carbocycles. The van der Waals surface area contributed by atoms with Crippen LogP contribution in [-0.2, 0) is 33.6 Å². The predicted molar refractivity (Wildman–Crippen MR) is 123 cm³/mol. The zero-order valence-corrected chi connectivity index (χ0v) is 19.5. The van der Waals surface area contributed by atoms with Crippen LogP contribution in [-0.4, -0.2) is 41.5 Å². The van der Waals surface area contributed by atoms with Gasteiger partial charge in [0.1, 0.15) is 12.3 Å². The molecular weight excluding hydrogens is 406 g/mol. The number of aliphatic hydroxyl groups excluding tert-OH is 1. The van der Waals surface area contributed by atoms with E-state index < -0.39 is 12.2 Å². The number of hydrogen-bond donors (Lipinski definition) is 3. The van der Waals surface area contributed by atoms with Crippen molar-refractivity contribution in [1.29, 1.82) is 0 Å². The fraction of sp³-hybridized carbons (Fsp3) is 0.692. The first-order valence-electron chi connectivity index (χ1n) is 12.3. The Kier molecular flexibility index (Phi) is 9.11. The molecule has 0 aliphatic heterocycles. The summed E-state index contributed by atoms with van der Waals surface area (Å²) in [6.45, 7) is 2.12. The normalized spacial score (nSPS) is 25.1. The number of carbonyl (C=O) groups is 2. The van der Waals surface area contributed by atoms with E-state index in [1.54, 1.807) is 7.05 Å². The molecule has 4 unspecified atom stereocenters. The minimum atomic E-state index is -0.768. The van der Waals surface area contributed by atoms with Gasteiger partial charge in [-0.2, -0.15) is 0 Å². The number of esters is 1. The molecule has 0 amide bonds. The van der Waals surface area contributed by atoms with E-state index in [4.69, 9.17) is 9.84 Å². The van der Waals surface area contributed by atoms with Gasteiger partial charge in [-0.1, -0.05) is 38.0 Å². The highest BCUT2D eigenvalue weighted by Gasteiger charge is 2.47. The number of aryl methyl sites for hydroxylation is 1. The summed E-state index contributed by atoms with van der Waals surface area (Å²) in [5.74, 6) is 0.235. The molecule has 3 rings (SSSR count). The van der Waals surface area contributed by atoms with Crippen molar-refractivity contribution in [2.24, 2.45) is 17.8 Å². The maximum atomic E-state index is 12.5. The van der Waals surface area contributed by atoms with Crippen LogP contribution in [0.5, 0.6) is 0 Å². The zero-order valence-electron chi connectivity index (χ0n) is 19.5. The van der Waals surface area contributed by atoms with Crippen LogP contribution >= 0.6 is 0 Å². The number of aliphatic hydroxyl groups is 1. The number of fused-ring (bicyclic) bond motifs is 2. The van der Waals surface area contributed by atoms with Crippen LogP contribution in [0.15, 0.2) is 18.2 Å². The topological polar surface area (TPSA) is 95.9 Å². The first kappa shape index (κ1) is 24.7. The van der Waals surface area contributed by atoms with Gasteiger partial charge in [-0.3, -0.25) is 14.9 Å². The number of hydrogen-bond acceptors (Lipinski definition) is 5. The summed E-state index contributed by atoms with van der Waals surface area (Å²) in [4.78, 5) is 23.6. The van der Waals surface area contributed by atoms with Gasteiger partial charge in [-0.25, -0.2) is 0 Å². The van der Waals surface area contributed by atoms with Crippen molar-refractivity contribution >= 4 is 11.9 Å². The van der Waals surface area contributed by atoms with E-state index in [0.29, 0.717) is 31.1 Å². The van der Waals surface area contributed by atoms with Gasteiger partial charge in [0, 0.05) is 12.8 Å². The second kappa shape index (κ2) is 11.8. The molecule has 6 heteroatoms. The Bertz CT molecular complexity index is 779. The van der Waals surface area contributed by atoms with Crippen LogP contribution in [0.2, 0.25) is 0 Å². The van der Waals surface area contributed by atoms with Crippen LogP contribution < -0.4 is 5.32 Å². The fourth-order valence-electron chi connectivity index (χ4n) is 5.74. The van der Waals surface area contributed by atoms with Crippen molar-refractivity contribution in [1.82, 2.24) is 5.32 Å². The van der Waals surface area contributed by atoms with E-state index in [2.05, 4.69) is 24.4 Å². The number of carboxylic acids is 1.